The molecule has 0 fully saturated rings. The lowest BCUT2D eigenvalue weighted by molar-refractivity contribution is -0.116. The third kappa shape index (κ3) is 3.79. The Kier molecular flexibility index (Phi) is 5.43. The van der Waals surface area contributed by atoms with Gasteiger partial charge in [0.05, 0.1) is 19.4 Å². The summed E-state index contributed by atoms with van der Waals surface area (Å²) in [5, 5.41) is 6.29. The van der Waals surface area contributed by atoms with Crippen molar-refractivity contribution in [2.45, 2.75) is 32.6 Å². The minimum atomic E-state index is -0.0880. The third-order valence-electron chi connectivity index (χ3n) is 5.70. The number of anilines is 2. The molecule has 2 aliphatic rings. The molecule has 1 atom stereocenters. The number of fused-ring (bicyclic) bond motifs is 3. The van der Waals surface area contributed by atoms with Crippen LogP contribution in [0.5, 0.6) is 11.5 Å². The maximum absolute atomic E-state index is 13.2. The number of hydrogen-bond acceptors (Lipinski definition) is 5. The van der Waals surface area contributed by atoms with E-state index in [1.807, 2.05) is 31.2 Å². The summed E-state index contributed by atoms with van der Waals surface area (Å²) in [5.74, 6) is 1.46. The van der Waals surface area contributed by atoms with Crippen LogP contribution in [0.1, 0.15) is 41.3 Å². The topological polar surface area (TPSA) is 76.7 Å². The normalized spacial score (nSPS) is 17.8. The molecule has 1 heterocycles. The molecule has 1 aliphatic carbocycles. The van der Waals surface area contributed by atoms with E-state index in [2.05, 4.69) is 10.6 Å². The van der Waals surface area contributed by atoms with Crippen LogP contribution in [0.25, 0.3) is 0 Å². The van der Waals surface area contributed by atoms with Crippen LogP contribution in [0.15, 0.2) is 30.3 Å². The number of hydrogen-bond donors (Lipinski definition) is 2. The highest BCUT2D eigenvalue weighted by Gasteiger charge is 2.33. The van der Waals surface area contributed by atoms with Gasteiger partial charge in [-0.25, -0.2) is 0 Å². The summed E-state index contributed by atoms with van der Waals surface area (Å²) in [4.78, 5) is 25.0. The predicted octanol–water partition coefficient (Wildman–Crippen LogP) is 3.84. The van der Waals surface area contributed by atoms with E-state index in [0.29, 0.717) is 31.7 Å². The molecule has 0 saturated carbocycles. The van der Waals surface area contributed by atoms with Crippen LogP contribution >= 0.6 is 0 Å². The first-order chi connectivity index (χ1) is 14.1. The molecular formula is C23H26N2O4. The first kappa shape index (κ1) is 19.3. The van der Waals surface area contributed by atoms with Crippen LogP contribution in [0.2, 0.25) is 0 Å². The molecule has 0 bridgehead atoms. The van der Waals surface area contributed by atoms with E-state index in [4.69, 9.17) is 9.47 Å². The fourth-order valence-corrected chi connectivity index (χ4v) is 4.21. The molecule has 6 heteroatoms. The molecule has 2 N–H and O–H groups in total. The van der Waals surface area contributed by atoms with E-state index in [0.717, 1.165) is 46.7 Å². The van der Waals surface area contributed by atoms with Crippen molar-refractivity contribution in [1.82, 2.24) is 0 Å². The summed E-state index contributed by atoms with van der Waals surface area (Å²) in [6.45, 7) is 3.18. The second-order valence-electron chi connectivity index (χ2n) is 7.44. The summed E-state index contributed by atoms with van der Waals surface area (Å²) in [5.41, 5.74) is 4.58. The van der Waals surface area contributed by atoms with Gasteiger partial charge in [-0.05, 0) is 67.6 Å². The minimum absolute atomic E-state index is 0.00434. The SMILES string of the molecule is CCOc1ccc(NCC2CCc3c(cc(OC)c4c3CCC(=O)N4)C2=O)cc1. The Morgan fingerprint density at radius 3 is 2.62 bits per heavy atom. The quantitative estimate of drug-likeness (QED) is 0.779. The lowest BCUT2D eigenvalue weighted by Crippen LogP contribution is -2.31. The Labute approximate surface area is 170 Å². The number of Topliss-reactive ketones (excluding diaryl/α,β-unsaturated/α-hetero) is 1. The molecule has 29 heavy (non-hydrogen) atoms. The number of rotatable bonds is 6. The number of carbonyl (C=O) groups is 2. The van der Waals surface area contributed by atoms with Crippen molar-refractivity contribution in [1.29, 1.82) is 0 Å². The Morgan fingerprint density at radius 1 is 1.10 bits per heavy atom. The number of ketones is 1. The van der Waals surface area contributed by atoms with Crippen LogP contribution in [-0.2, 0) is 17.6 Å². The summed E-state index contributed by atoms with van der Waals surface area (Å²) < 4.78 is 10.9. The van der Waals surface area contributed by atoms with E-state index in [1.54, 1.807) is 13.2 Å². The molecular weight excluding hydrogens is 368 g/mol. The van der Waals surface area contributed by atoms with Crippen LogP contribution in [0.4, 0.5) is 11.4 Å². The van der Waals surface area contributed by atoms with Gasteiger partial charge in [0.1, 0.15) is 11.5 Å². The van der Waals surface area contributed by atoms with Gasteiger partial charge in [0.15, 0.2) is 5.78 Å². The van der Waals surface area contributed by atoms with Crippen LogP contribution in [-0.4, -0.2) is 32.0 Å². The van der Waals surface area contributed by atoms with Crippen molar-refractivity contribution in [3.8, 4) is 11.5 Å². The van der Waals surface area contributed by atoms with Crippen molar-refractivity contribution >= 4 is 23.1 Å². The molecule has 1 amide bonds. The zero-order valence-electron chi connectivity index (χ0n) is 16.8. The molecule has 1 aliphatic heterocycles. The van der Waals surface area contributed by atoms with Crippen molar-refractivity contribution in [3.05, 3.63) is 47.0 Å². The Bertz CT molecular complexity index is 937. The number of benzene rings is 2. The Morgan fingerprint density at radius 2 is 1.90 bits per heavy atom. The van der Waals surface area contributed by atoms with Gasteiger partial charge in [0.2, 0.25) is 5.91 Å². The van der Waals surface area contributed by atoms with Gasteiger partial charge in [0, 0.05) is 30.1 Å². The monoisotopic (exact) mass is 394 g/mol. The van der Waals surface area contributed by atoms with Crippen LogP contribution in [0, 0.1) is 5.92 Å². The maximum Gasteiger partial charge on any atom is 0.224 e. The zero-order chi connectivity index (χ0) is 20.4. The van der Waals surface area contributed by atoms with E-state index >= 15 is 0 Å². The Hall–Kier alpha value is -3.02. The first-order valence-electron chi connectivity index (χ1n) is 10.1. The second kappa shape index (κ2) is 8.15. The van der Waals surface area contributed by atoms with Crippen LogP contribution < -0.4 is 20.1 Å². The molecule has 1 unspecified atom stereocenters. The van der Waals surface area contributed by atoms with Gasteiger partial charge >= 0.3 is 0 Å². The van der Waals surface area contributed by atoms with Crippen molar-refractivity contribution < 1.29 is 19.1 Å². The van der Waals surface area contributed by atoms with Crippen LogP contribution in [0.3, 0.4) is 0 Å². The summed E-state index contributed by atoms with van der Waals surface area (Å²) >= 11 is 0. The molecule has 4 rings (SSSR count). The number of ether oxygens (including phenoxy) is 2. The summed E-state index contributed by atoms with van der Waals surface area (Å²) in [7, 11) is 1.57. The average molecular weight is 394 g/mol. The predicted molar refractivity (Wildman–Crippen MR) is 112 cm³/mol. The molecule has 0 radical (unpaired) electrons. The van der Waals surface area contributed by atoms with Gasteiger partial charge in [-0.1, -0.05) is 0 Å². The van der Waals surface area contributed by atoms with Gasteiger partial charge in [0.25, 0.3) is 0 Å². The van der Waals surface area contributed by atoms with E-state index in [9.17, 15) is 9.59 Å². The highest BCUT2D eigenvalue weighted by molar-refractivity contribution is 6.04. The van der Waals surface area contributed by atoms with Gasteiger partial charge < -0.3 is 20.1 Å². The molecule has 152 valence electrons. The van der Waals surface area contributed by atoms with Gasteiger partial charge in [-0.15, -0.1) is 0 Å². The van der Waals surface area contributed by atoms with Crippen molar-refractivity contribution in [3.63, 3.8) is 0 Å². The van der Waals surface area contributed by atoms with Gasteiger partial charge in [-0.2, -0.15) is 0 Å². The van der Waals surface area contributed by atoms with E-state index in [1.165, 1.54) is 0 Å². The fraction of sp³-hybridized carbons (Fsp3) is 0.391. The molecule has 0 saturated heterocycles. The van der Waals surface area contributed by atoms with Crippen molar-refractivity contribution in [2.24, 2.45) is 5.92 Å². The molecule has 0 aromatic heterocycles. The zero-order valence-corrected chi connectivity index (χ0v) is 16.8. The average Bonchev–Trinajstić information content (AvgIpc) is 2.74. The van der Waals surface area contributed by atoms with Crippen molar-refractivity contribution in [2.75, 3.05) is 30.9 Å². The smallest absolute Gasteiger partial charge is 0.224 e. The number of amides is 1. The maximum atomic E-state index is 13.2. The molecule has 0 spiro atoms. The summed E-state index contributed by atoms with van der Waals surface area (Å²) in [6, 6.07) is 9.58. The molecule has 2 aromatic carbocycles. The highest BCUT2D eigenvalue weighted by atomic mass is 16.5. The van der Waals surface area contributed by atoms with E-state index in [-0.39, 0.29) is 17.6 Å². The fourth-order valence-electron chi connectivity index (χ4n) is 4.21. The Balaban J connectivity index is 1.51. The third-order valence-corrected chi connectivity index (χ3v) is 5.70. The minimum Gasteiger partial charge on any atom is -0.495 e. The summed E-state index contributed by atoms with van der Waals surface area (Å²) in [6.07, 6.45) is 2.73. The van der Waals surface area contributed by atoms with E-state index < -0.39 is 0 Å². The molecule has 2 aromatic rings. The standard InChI is InChI=1S/C23H26N2O4/c1-3-29-16-7-5-15(6-8-16)24-13-14-4-9-17-18-10-11-21(26)25-22(18)20(28-2)12-19(17)23(14)27/h5-8,12,14,24H,3-4,9-11,13H2,1-2H3,(H,25,26). The second-order valence-corrected chi connectivity index (χ2v) is 7.44. The molecule has 6 nitrogen and oxygen atoms in total. The highest BCUT2D eigenvalue weighted by Crippen LogP contribution is 2.41. The lowest BCUT2D eigenvalue weighted by atomic mass is 9.78. The number of nitrogens with one attached hydrogen (secondary N) is 2. The number of methoxy groups -OCH3 is 1. The lowest BCUT2D eigenvalue weighted by Gasteiger charge is -2.30. The largest absolute Gasteiger partial charge is 0.495 e. The number of carbonyl (C=O) groups excluding carboxylic acids is 2. The van der Waals surface area contributed by atoms with Gasteiger partial charge in [-0.3, -0.25) is 9.59 Å². The first-order valence-corrected chi connectivity index (χ1v) is 10.1.